The highest BCUT2D eigenvalue weighted by atomic mass is 32.1. The van der Waals surface area contributed by atoms with Crippen LogP contribution in [0, 0.1) is 6.92 Å². The van der Waals surface area contributed by atoms with Gasteiger partial charge in [-0.05, 0) is 44.2 Å². The van der Waals surface area contributed by atoms with Gasteiger partial charge in [0.25, 0.3) is 0 Å². The SMILES string of the molecule is Cc1sc(-c2cccnc2)nc1-c1ccc2c(c1)NCC(C)O2. The molecular weight excluding hydrogens is 306 g/mol. The van der Waals surface area contributed by atoms with E-state index in [1.54, 1.807) is 17.5 Å². The number of benzene rings is 1. The Morgan fingerprint density at radius 3 is 3.00 bits per heavy atom. The molecule has 0 fully saturated rings. The van der Waals surface area contributed by atoms with E-state index < -0.39 is 0 Å². The van der Waals surface area contributed by atoms with Crippen LogP contribution in [0.25, 0.3) is 21.8 Å². The average molecular weight is 323 g/mol. The fourth-order valence-electron chi connectivity index (χ4n) is 2.71. The normalized spacial score (nSPS) is 16.3. The number of aryl methyl sites for hydroxylation is 1. The molecule has 2 aromatic heterocycles. The Morgan fingerprint density at radius 1 is 1.26 bits per heavy atom. The standard InChI is InChI=1S/C18H17N3OS/c1-11-9-20-15-8-13(5-6-16(15)22-11)17-12(2)23-18(21-17)14-4-3-7-19-10-14/h3-8,10-11,20H,9H2,1-2H3. The molecule has 23 heavy (non-hydrogen) atoms. The summed E-state index contributed by atoms with van der Waals surface area (Å²) in [7, 11) is 0. The molecule has 1 unspecified atom stereocenters. The molecule has 1 aromatic carbocycles. The van der Waals surface area contributed by atoms with Crippen molar-refractivity contribution in [1.82, 2.24) is 9.97 Å². The van der Waals surface area contributed by atoms with Gasteiger partial charge in [0.05, 0.1) is 17.9 Å². The first kappa shape index (κ1) is 14.2. The minimum absolute atomic E-state index is 0.201. The van der Waals surface area contributed by atoms with Gasteiger partial charge in [0.1, 0.15) is 16.9 Å². The van der Waals surface area contributed by atoms with E-state index in [2.05, 4.69) is 36.3 Å². The van der Waals surface area contributed by atoms with E-state index in [-0.39, 0.29) is 6.10 Å². The van der Waals surface area contributed by atoms with Crippen molar-refractivity contribution in [2.24, 2.45) is 0 Å². The van der Waals surface area contributed by atoms with Crippen LogP contribution >= 0.6 is 11.3 Å². The minimum atomic E-state index is 0.201. The number of ether oxygens (including phenoxy) is 1. The molecule has 1 N–H and O–H groups in total. The van der Waals surface area contributed by atoms with Crippen molar-refractivity contribution in [3.05, 3.63) is 47.6 Å². The van der Waals surface area contributed by atoms with Gasteiger partial charge in [-0.25, -0.2) is 4.98 Å². The number of rotatable bonds is 2. The lowest BCUT2D eigenvalue weighted by atomic mass is 10.1. The number of fused-ring (bicyclic) bond motifs is 1. The van der Waals surface area contributed by atoms with Gasteiger partial charge in [0, 0.05) is 28.4 Å². The van der Waals surface area contributed by atoms with Gasteiger partial charge in [0.15, 0.2) is 0 Å². The third-order valence-electron chi connectivity index (χ3n) is 3.87. The van der Waals surface area contributed by atoms with Crippen molar-refractivity contribution < 1.29 is 4.74 Å². The second-order valence-electron chi connectivity index (χ2n) is 5.69. The molecule has 0 saturated carbocycles. The highest BCUT2D eigenvalue weighted by Crippen LogP contribution is 2.37. The lowest BCUT2D eigenvalue weighted by Crippen LogP contribution is -2.27. The second kappa shape index (κ2) is 5.66. The van der Waals surface area contributed by atoms with Crippen molar-refractivity contribution in [3.63, 3.8) is 0 Å². The second-order valence-corrected chi connectivity index (χ2v) is 6.89. The molecule has 3 aromatic rings. The zero-order chi connectivity index (χ0) is 15.8. The summed E-state index contributed by atoms with van der Waals surface area (Å²) in [6, 6.07) is 10.2. The minimum Gasteiger partial charge on any atom is -0.487 e. The van der Waals surface area contributed by atoms with Crippen LogP contribution in [0.2, 0.25) is 0 Å². The Labute approximate surface area is 139 Å². The number of nitrogens with zero attached hydrogens (tertiary/aromatic N) is 2. The quantitative estimate of drug-likeness (QED) is 0.760. The van der Waals surface area contributed by atoms with Crippen LogP contribution in [-0.2, 0) is 0 Å². The summed E-state index contributed by atoms with van der Waals surface area (Å²) in [5.74, 6) is 0.910. The lowest BCUT2D eigenvalue weighted by molar-refractivity contribution is 0.226. The first-order valence-corrected chi connectivity index (χ1v) is 8.45. The van der Waals surface area contributed by atoms with Gasteiger partial charge in [-0.1, -0.05) is 0 Å². The number of pyridine rings is 1. The number of hydrogen-bond acceptors (Lipinski definition) is 5. The first-order chi connectivity index (χ1) is 11.2. The molecule has 5 heteroatoms. The van der Waals surface area contributed by atoms with Gasteiger partial charge in [0.2, 0.25) is 0 Å². The molecule has 1 aliphatic rings. The maximum atomic E-state index is 5.84. The number of anilines is 1. The predicted octanol–water partition coefficient (Wildman–Crippen LogP) is 4.37. The van der Waals surface area contributed by atoms with Crippen molar-refractivity contribution in [2.45, 2.75) is 20.0 Å². The Balaban J connectivity index is 1.73. The summed E-state index contributed by atoms with van der Waals surface area (Å²) < 4.78 is 5.84. The first-order valence-electron chi connectivity index (χ1n) is 7.63. The van der Waals surface area contributed by atoms with Gasteiger partial charge in [-0.3, -0.25) is 4.98 Å². The van der Waals surface area contributed by atoms with E-state index in [9.17, 15) is 0 Å². The van der Waals surface area contributed by atoms with Gasteiger partial charge in [-0.2, -0.15) is 0 Å². The maximum Gasteiger partial charge on any atom is 0.142 e. The van der Waals surface area contributed by atoms with Crippen LogP contribution in [0.4, 0.5) is 5.69 Å². The molecule has 0 aliphatic carbocycles. The van der Waals surface area contributed by atoms with Crippen molar-refractivity contribution >= 4 is 17.0 Å². The zero-order valence-corrected chi connectivity index (χ0v) is 13.9. The maximum absolute atomic E-state index is 5.84. The summed E-state index contributed by atoms with van der Waals surface area (Å²) in [4.78, 5) is 10.2. The van der Waals surface area contributed by atoms with Crippen LogP contribution in [0.3, 0.4) is 0 Å². The summed E-state index contributed by atoms with van der Waals surface area (Å²) in [5, 5.41) is 4.42. The van der Waals surface area contributed by atoms with E-state index in [4.69, 9.17) is 9.72 Å². The van der Waals surface area contributed by atoms with E-state index in [1.165, 1.54) is 4.88 Å². The molecule has 0 radical (unpaired) electrons. The molecular formula is C18H17N3OS. The van der Waals surface area contributed by atoms with Crippen molar-refractivity contribution in [3.8, 4) is 27.6 Å². The summed E-state index contributed by atoms with van der Waals surface area (Å²) in [6.45, 7) is 5.00. The third kappa shape index (κ3) is 2.68. The van der Waals surface area contributed by atoms with Crippen LogP contribution in [0.5, 0.6) is 5.75 Å². The number of aromatic nitrogens is 2. The molecule has 0 bridgehead atoms. The summed E-state index contributed by atoms with van der Waals surface area (Å²) >= 11 is 1.70. The fraction of sp³-hybridized carbons (Fsp3) is 0.222. The van der Waals surface area contributed by atoms with Crippen LogP contribution in [-0.4, -0.2) is 22.6 Å². The number of thiazole rings is 1. The molecule has 1 atom stereocenters. The van der Waals surface area contributed by atoms with E-state index in [0.717, 1.165) is 39.8 Å². The summed E-state index contributed by atoms with van der Waals surface area (Å²) in [5.41, 5.74) is 4.23. The van der Waals surface area contributed by atoms with Gasteiger partial charge < -0.3 is 10.1 Å². The molecule has 0 saturated heterocycles. The van der Waals surface area contributed by atoms with Crippen LogP contribution < -0.4 is 10.1 Å². The van der Waals surface area contributed by atoms with Crippen molar-refractivity contribution in [2.75, 3.05) is 11.9 Å². The Morgan fingerprint density at radius 2 is 2.17 bits per heavy atom. The Bertz CT molecular complexity index is 845. The molecule has 3 heterocycles. The molecule has 116 valence electrons. The number of nitrogens with one attached hydrogen (secondary N) is 1. The molecule has 4 nitrogen and oxygen atoms in total. The Kier molecular flexibility index (Phi) is 3.50. The van der Waals surface area contributed by atoms with E-state index in [0.29, 0.717) is 0 Å². The molecule has 1 aliphatic heterocycles. The zero-order valence-electron chi connectivity index (χ0n) is 13.0. The predicted molar refractivity (Wildman–Crippen MR) is 94.1 cm³/mol. The molecule has 0 amide bonds. The lowest BCUT2D eigenvalue weighted by Gasteiger charge is -2.25. The van der Waals surface area contributed by atoms with E-state index >= 15 is 0 Å². The monoisotopic (exact) mass is 323 g/mol. The van der Waals surface area contributed by atoms with Gasteiger partial charge in [-0.15, -0.1) is 11.3 Å². The fourth-order valence-corrected chi connectivity index (χ4v) is 3.63. The molecule has 0 spiro atoms. The third-order valence-corrected chi connectivity index (χ3v) is 4.89. The molecule has 4 rings (SSSR count). The van der Waals surface area contributed by atoms with Gasteiger partial charge >= 0.3 is 0 Å². The van der Waals surface area contributed by atoms with Crippen LogP contribution in [0.1, 0.15) is 11.8 Å². The number of hydrogen-bond donors (Lipinski definition) is 1. The summed E-state index contributed by atoms with van der Waals surface area (Å²) in [6.07, 6.45) is 3.83. The topological polar surface area (TPSA) is 47.0 Å². The average Bonchev–Trinajstić information content (AvgIpc) is 2.97. The highest BCUT2D eigenvalue weighted by molar-refractivity contribution is 7.15. The largest absolute Gasteiger partial charge is 0.487 e. The Hall–Kier alpha value is -2.40. The smallest absolute Gasteiger partial charge is 0.142 e. The van der Waals surface area contributed by atoms with Crippen molar-refractivity contribution in [1.29, 1.82) is 0 Å². The van der Waals surface area contributed by atoms with E-state index in [1.807, 2.05) is 24.4 Å². The van der Waals surface area contributed by atoms with Crippen LogP contribution in [0.15, 0.2) is 42.7 Å². The highest BCUT2D eigenvalue weighted by Gasteiger charge is 2.18.